The molecule has 0 aliphatic heterocycles. The predicted octanol–water partition coefficient (Wildman–Crippen LogP) is 2.94. The molecular formula is C20H26N2O. The molecule has 23 heavy (non-hydrogen) atoms. The van der Waals surface area contributed by atoms with Gasteiger partial charge in [0.1, 0.15) is 0 Å². The fourth-order valence-corrected chi connectivity index (χ4v) is 2.78. The molecule has 0 atom stereocenters. The maximum atomic E-state index is 12.2. The summed E-state index contributed by atoms with van der Waals surface area (Å²) < 4.78 is 0. The molecule has 2 aromatic carbocycles. The molecule has 0 bridgehead atoms. The van der Waals surface area contributed by atoms with E-state index in [4.69, 9.17) is 5.73 Å². The van der Waals surface area contributed by atoms with E-state index in [-0.39, 0.29) is 5.91 Å². The number of amides is 1. The van der Waals surface area contributed by atoms with Crippen molar-refractivity contribution in [1.82, 2.24) is 5.32 Å². The summed E-state index contributed by atoms with van der Waals surface area (Å²) in [6, 6.07) is 20.8. The molecule has 0 saturated carbocycles. The van der Waals surface area contributed by atoms with Gasteiger partial charge >= 0.3 is 0 Å². The number of hydrogen-bond acceptors (Lipinski definition) is 2. The highest BCUT2D eigenvalue weighted by Crippen LogP contribution is 2.18. The van der Waals surface area contributed by atoms with Gasteiger partial charge in [-0.15, -0.1) is 0 Å². The van der Waals surface area contributed by atoms with E-state index in [9.17, 15) is 4.79 Å². The largest absolute Gasteiger partial charge is 0.356 e. The number of nitrogens with one attached hydrogen (secondary N) is 1. The van der Waals surface area contributed by atoms with Gasteiger partial charge < -0.3 is 11.1 Å². The second kappa shape index (κ2) is 9.80. The van der Waals surface area contributed by atoms with Crippen LogP contribution in [0.15, 0.2) is 60.7 Å². The van der Waals surface area contributed by atoms with Crippen LogP contribution < -0.4 is 11.1 Å². The molecule has 0 saturated heterocycles. The SMILES string of the molecule is NCCCNC(=O)CC(Cc1ccccc1)Cc1ccccc1. The van der Waals surface area contributed by atoms with Crippen molar-refractivity contribution in [2.45, 2.75) is 25.7 Å². The van der Waals surface area contributed by atoms with Crippen LogP contribution in [0.1, 0.15) is 24.0 Å². The molecule has 0 aliphatic rings. The van der Waals surface area contributed by atoms with Crippen molar-refractivity contribution < 1.29 is 4.79 Å². The number of benzene rings is 2. The minimum absolute atomic E-state index is 0.121. The summed E-state index contributed by atoms with van der Waals surface area (Å²) in [7, 11) is 0. The topological polar surface area (TPSA) is 55.1 Å². The van der Waals surface area contributed by atoms with Crippen LogP contribution in [0, 0.1) is 5.92 Å². The van der Waals surface area contributed by atoms with Gasteiger partial charge in [-0.25, -0.2) is 0 Å². The molecule has 122 valence electrons. The van der Waals surface area contributed by atoms with Crippen molar-refractivity contribution in [3.05, 3.63) is 71.8 Å². The Kier molecular flexibility index (Phi) is 7.34. The molecular weight excluding hydrogens is 284 g/mol. The van der Waals surface area contributed by atoms with Crippen molar-refractivity contribution in [3.8, 4) is 0 Å². The molecule has 0 unspecified atom stereocenters. The highest BCUT2D eigenvalue weighted by molar-refractivity contribution is 5.76. The maximum Gasteiger partial charge on any atom is 0.220 e. The summed E-state index contributed by atoms with van der Waals surface area (Å²) in [4.78, 5) is 12.2. The van der Waals surface area contributed by atoms with Gasteiger partial charge in [0.2, 0.25) is 5.91 Å². The fourth-order valence-electron chi connectivity index (χ4n) is 2.78. The van der Waals surface area contributed by atoms with E-state index in [1.165, 1.54) is 11.1 Å². The molecule has 0 aromatic heterocycles. The van der Waals surface area contributed by atoms with Gasteiger partial charge in [0.15, 0.2) is 0 Å². The Balaban J connectivity index is 1.97. The van der Waals surface area contributed by atoms with E-state index in [0.717, 1.165) is 19.3 Å². The average molecular weight is 310 g/mol. The molecule has 0 aliphatic carbocycles. The Labute approximate surface area is 138 Å². The van der Waals surface area contributed by atoms with E-state index < -0.39 is 0 Å². The first-order chi connectivity index (χ1) is 11.3. The molecule has 2 rings (SSSR count). The second-order valence-electron chi connectivity index (χ2n) is 5.94. The fraction of sp³-hybridized carbons (Fsp3) is 0.350. The highest BCUT2D eigenvalue weighted by Gasteiger charge is 2.15. The van der Waals surface area contributed by atoms with Gasteiger partial charge in [0, 0.05) is 13.0 Å². The Morgan fingerprint density at radius 1 is 0.913 bits per heavy atom. The van der Waals surface area contributed by atoms with Crippen LogP contribution in [-0.4, -0.2) is 19.0 Å². The molecule has 2 aromatic rings. The zero-order chi connectivity index (χ0) is 16.3. The zero-order valence-corrected chi connectivity index (χ0v) is 13.6. The van der Waals surface area contributed by atoms with Gasteiger partial charge in [-0.05, 0) is 42.9 Å². The molecule has 1 amide bonds. The molecule has 0 spiro atoms. The first kappa shape index (κ1) is 17.2. The maximum absolute atomic E-state index is 12.2. The molecule has 0 radical (unpaired) electrons. The van der Waals surface area contributed by atoms with E-state index in [1.54, 1.807) is 0 Å². The van der Waals surface area contributed by atoms with Crippen molar-refractivity contribution in [2.75, 3.05) is 13.1 Å². The van der Waals surface area contributed by atoms with Gasteiger partial charge in [0.25, 0.3) is 0 Å². The standard InChI is InChI=1S/C20H26N2O/c21-12-7-13-22-20(23)16-19(14-17-8-3-1-4-9-17)15-18-10-5-2-6-11-18/h1-6,8-11,19H,7,12-16,21H2,(H,22,23). The van der Waals surface area contributed by atoms with Crippen LogP contribution in [-0.2, 0) is 17.6 Å². The Morgan fingerprint density at radius 2 is 1.43 bits per heavy atom. The number of nitrogens with two attached hydrogens (primary N) is 1. The van der Waals surface area contributed by atoms with Crippen LogP contribution in [0.4, 0.5) is 0 Å². The summed E-state index contributed by atoms with van der Waals surface area (Å²) in [5.74, 6) is 0.424. The summed E-state index contributed by atoms with van der Waals surface area (Å²) >= 11 is 0. The van der Waals surface area contributed by atoms with E-state index in [1.807, 2.05) is 12.1 Å². The van der Waals surface area contributed by atoms with Crippen LogP contribution in [0.3, 0.4) is 0 Å². The highest BCUT2D eigenvalue weighted by atomic mass is 16.1. The Morgan fingerprint density at radius 3 is 1.91 bits per heavy atom. The smallest absolute Gasteiger partial charge is 0.220 e. The molecule has 3 heteroatoms. The number of carbonyl (C=O) groups is 1. The van der Waals surface area contributed by atoms with Crippen LogP contribution in [0.2, 0.25) is 0 Å². The van der Waals surface area contributed by atoms with Crippen LogP contribution in [0.5, 0.6) is 0 Å². The van der Waals surface area contributed by atoms with Crippen LogP contribution in [0.25, 0.3) is 0 Å². The average Bonchev–Trinajstić information content (AvgIpc) is 2.57. The lowest BCUT2D eigenvalue weighted by atomic mass is 9.89. The molecule has 3 nitrogen and oxygen atoms in total. The van der Waals surface area contributed by atoms with Crippen molar-refractivity contribution in [1.29, 1.82) is 0 Å². The van der Waals surface area contributed by atoms with E-state index in [2.05, 4.69) is 53.8 Å². The summed E-state index contributed by atoms with van der Waals surface area (Å²) in [5, 5.41) is 2.97. The molecule has 0 fully saturated rings. The van der Waals surface area contributed by atoms with Crippen molar-refractivity contribution >= 4 is 5.91 Å². The minimum Gasteiger partial charge on any atom is -0.356 e. The number of hydrogen-bond donors (Lipinski definition) is 2. The number of carbonyl (C=O) groups excluding carboxylic acids is 1. The molecule has 3 N–H and O–H groups in total. The number of rotatable bonds is 9. The zero-order valence-electron chi connectivity index (χ0n) is 13.6. The third-order valence-corrected chi connectivity index (χ3v) is 3.91. The lowest BCUT2D eigenvalue weighted by Gasteiger charge is -2.17. The Bertz CT molecular complexity index is 527. The third-order valence-electron chi connectivity index (χ3n) is 3.91. The summed E-state index contributed by atoms with van der Waals surface area (Å²) in [5.41, 5.74) is 8.03. The third kappa shape index (κ3) is 6.66. The molecule has 0 heterocycles. The summed E-state index contributed by atoms with van der Waals surface area (Å²) in [6.45, 7) is 1.27. The Hall–Kier alpha value is -2.13. The second-order valence-corrected chi connectivity index (χ2v) is 5.94. The van der Waals surface area contributed by atoms with Crippen molar-refractivity contribution in [3.63, 3.8) is 0 Å². The predicted molar refractivity (Wildman–Crippen MR) is 95.1 cm³/mol. The van der Waals surface area contributed by atoms with E-state index >= 15 is 0 Å². The normalized spacial score (nSPS) is 10.7. The minimum atomic E-state index is 0.121. The first-order valence-corrected chi connectivity index (χ1v) is 8.32. The van der Waals surface area contributed by atoms with Crippen molar-refractivity contribution in [2.24, 2.45) is 11.7 Å². The lowest BCUT2D eigenvalue weighted by Crippen LogP contribution is -2.28. The quantitative estimate of drug-likeness (QED) is 0.700. The summed E-state index contributed by atoms with van der Waals surface area (Å²) in [6.07, 6.45) is 3.21. The van der Waals surface area contributed by atoms with E-state index in [0.29, 0.717) is 25.4 Å². The monoisotopic (exact) mass is 310 g/mol. The van der Waals surface area contributed by atoms with Gasteiger partial charge in [-0.2, -0.15) is 0 Å². The van der Waals surface area contributed by atoms with Gasteiger partial charge in [-0.1, -0.05) is 60.7 Å². The first-order valence-electron chi connectivity index (χ1n) is 8.32. The van der Waals surface area contributed by atoms with Crippen LogP contribution >= 0.6 is 0 Å². The van der Waals surface area contributed by atoms with Gasteiger partial charge in [-0.3, -0.25) is 4.79 Å². The lowest BCUT2D eigenvalue weighted by molar-refractivity contribution is -0.122. The van der Waals surface area contributed by atoms with Gasteiger partial charge in [0.05, 0.1) is 0 Å².